The van der Waals surface area contributed by atoms with Gasteiger partial charge >= 0.3 is 0 Å². The predicted octanol–water partition coefficient (Wildman–Crippen LogP) is 4.14. The number of rotatable bonds is 3. The monoisotopic (exact) mass is 376 g/mol. The van der Waals surface area contributed by atoms with Crippen molar-refractivity contribution in [1.29, 1.82) is 0 Å². The van der Waals surface area contributed by atoms with E-state index in [-0.39, 0.29) is 17.7 Å². The van der Waals surface area contributed by atoms with Gasteiger partial charge in [-0.05, 0) is 37.5 Å². The van der Waals surface area contributed by atoms with E-state index in [2.05, 4.69) is 24.3 Å². The second kappa shape index (κ2) is 8.17. The largest absolute Gasteiger partial charge is 0.342 e. The van der Waals surface area contributed by atoms with Crippen molar-refractivity contribution in [2.75, 3.05) is 24.5 Å². The Balaban J connectivity index is 1.46. The van der Waals surface area contributed by atoms with Crippen LogP contribution in [0.4, 0.5) is 5.69 Å². The lowest BCUT2D eigenvalue weighted by Gasteiger charge is -2.27. The molecular weight excluding hydrogens is 348 g/mol. The minimum absolute atomic E-state index is 0.0524. The van der Waals surface area contributed by atoms with Crippen LogP contribution < -0.4 is 4.90 Å². The van der Waals surface area contributed by atoms with Crippen molar-refractivity contribution in [3.8, 4) is 0 Å². The molecular formula is C24H28N2O2. The number of aryl methyl sites for hydroxylation is 1. The molecule has 0 aromatic heterocycles. The van der Waals surface area contributed by atoms with Gasteiger partial charge in [-0.1, -0.05) is 54.4 Å². The summed E-state index contributed by atoms with van der Waals surface area (Å²) in [5, 5.41) is 0. The zero-order valence-electron chi connectivity index (χ0n) is 16.5. The van der Waals surface area contributed by atoms with E-state index in [1.54, 1.807) is 4.90 Å². The average molecular weight is 377 g/mol. The minimum atomic E-state index is -0.233. The topological polar surface area (TPSA) is 40.6 Å². The second-order valence-electron chi connectivity index (χ2n) is 8.13. The zero-order valence-corrected chi connectivity index (χ0v) is 16.5. The Morgan fingerprint density at radius 3 is 2.46 bits per heavy atom. The van der Waals surface area contributed by atoms with Crippen LogP contribution in [0, 0.1) is 12.8 Å². The molecule has 2 aromatic rings. The third kappa shape index (κ3) is 3.96. The van der Waals surface area contributed by atoms with Crippen LogP contribution in [0.25, 0.3) is 0 Å². The molecule has 2 unspecified atom stereocenters. The molecule has 4 heteroatoms. The summed E-state index contributed by atoms with van der Waals surface area (Å²) < 4.78 is 0. The molecule has 2 amide bonds. The first-order valence-corrected chi connectivity index (χ1v) is 10.3. The molecule has 0 saturated carbocycles. The van der Waals surface area contributed by atoms with E-state index >= 15 is 0 Å². The van der Waals surface area contributed by atoms with Crippen molar-refractivity contribution < 1.29 is 9.59 Å². The number of nitrogens with zero attached hydrogens (tertiary/aromatic N) is 2. The highest BCUT2D eigenvalue weighted by Crippen LogP contribution is 2.30. The number of anilines is 1. The first-order chi connectivity index (χ1) is 13.6. The van der Waals surface area contributed by atoms with E-state index in [9.17, 15) is 9.59 Å². The fraction of sp³-hybridized carbons (Fsp3) is 0.417. The van der Waals surface area contributed by atoms with E-state index in [1.807, 2.05) is 42.2 Å². The highest BCUT2D eigenvalue weighted by atomic mass is 16.2. The summed E-state index contributed by atoms with van der Waals surface area (Å²) in [5.41, 5.74) is 3.37. The molecule has 4 nitrogen and oxygen atoms in total. The van der Waals surface area contributed by atoms with Crippen LogP contribution in [0.3, 0.4) is 0 Å². The normalized spacial score (nSPS) is 23.0. The third-order valence-electron chi connectivity index (χ3n) is 6.07. The van der Waals surface area contributed by atoms with Gasteiger partial charge in [0.05, 0.1) is 5.92 Å². The van der Waals surface area contributed by atoms with Gasteiger partial charge in [-0.3, -0.25) is 9.59 Å². The molecule has 2 atom stereocenters. The van der Waals surface area contributed by atoms with Gasteiger partial charge in [0.2, 0.25) is 11.8 Å². The molecule has 2 fully saturated rings. The van der Waals surface area contributed by atoms with Gasteiger partial charge in [-0.25, -0.2) is 0 Å². The molecule has 0 spiro atoms. The van der Waals surface area contributed by atoms with Crippen molar-refractivity contribution in [3.63, 3.8) is 0 Å². The number of likely N-dealkylation sites (tertiary alicyclic amines) is 1. The van der Waals surface area contributed by atoms with E-state index in [1.165, 1.54) is 11.1 Å². The van der Waals surface area contributed by atoms with Crippen LogP contribution in [-0.2, 0) is 9.59 Å². The summed E-state index contributed by atoms with van der Waals surface area (Å²) in [6.07, 6.45) is 3.62. The van der Waals surface area contributed by atoms with Gasteiger partial charge in [0.1, 0.15) is 0 Å². The fourth-order valence-electron chi connectivity index (χ4n) is 4.44. The number of hydrogen-bond acceptors (Lipinski definition) is 2. The molecule has 28 heavy (non-hydrogen) atoms. The molecule has 0 aliphatic carbocycles. The SMILES string of the molecule is Cc1ccc(N2CC(C(=O)N3CCCCC(c4ccccc4)C3)CC2=O)cc1. The fourth-order valence-corrected chi connectivity index (χ4v) is 4.44. The average Bonchev–Trinajstić information content (AvgIpc) is 2.95. The Labute approximate surface area is 167 Å². The van der Waals surface area contributed by atoms with Gasteiger partial charge in [0.25, 0.3) is 0 Å². The lowest BCUT2D eigenvalue weighted by Crippen LogP contribution is -2.39. The second-order valence-corrected chi connectivity index (χ2v) is 8.13. The Kier molecular flexibility index (Phi) is 5.47. The van der Waals surface area contributed by atoms with E-state index in [4.69, 9.17) is 0 Å². The highest BCUT2D eigenvalue weighted by molar-refractivity contribution is 6.00. The van der Waals surface area contributed by atoms with Crippen LogP contribution in [0.15, 0.2) is 54.6 Å². The van der Waals surface area contributed by atoms with E-state index in [0.29, 0.717) is 18.9 Å². The lowest BCUT2D eigenvalue weighted by molar-refractivity contribution is -0.135. The summed E-state index contributed by atoms with van der Waals surface area (Å²) in [5.74, 6) is 0.351. The van der Waals surface area contributed by atoms with Gasteiger partial charge in [0.15, 0.2) is 0 Å². The Bertz CT molecular complexity index is 831. The summed E-state index contributed by atoms with van der Waals surface area (Å²) in [6.45, 7) is 4.09. The van der Waals surface area contributed by atoms with Crippen molar-refractivity contribution >= 4 is 17.5 Å². The van der Waals surface area contributed by atoms with Crippen molar-refractivity contribution in [2.45, 2.75) is 38.5 Å². The van der Waals surface area contributed by atoms with Crippen LogP contribution in [0.5, 0.6) is 0 Å². The molecule has 2 aromatic carbocycles. The number of amides is 2. The third-order valence-corrected chi connectivity index (χ3v) is 6.07. The van der Waals surface area contributed by atoms with Crippen LogP contribution in [0.1, 0.15) is 42.7 Å². The maximum atomic E-state index is 13.3. The minimum Gasteiger partial charge on any atom is -0.342 e. The van der Waals surface area contributed by atoms with Crippen LogP contribution in [0.2, 0.25) is 0 Å². The van der Waals surface area contributed by atoms with Crippen molar-refractivity contribution in [2.24, 2.45) is 5.92 Å². The van der Waals surface area contributed by atoms with Crippen molar-refractivity contribution in [3.05, 3.63) is 65.7 Å². The Morgan fingerprint density at radius 2 is 1.71 bits per heavy atom. The zero-order chi connectivity index (χ0) is 19.5. The molecule has 0 radical (unpaired) electrons. The van der Waals surface area contributed by atoms with E-state index < -0.39 is 0 Å². The Morgan fingerprint density at radius 1 is 0.964 bits per heavy atom. The summed E-state index contributed by atoms with van der Waals surface area (Å²) in [6, 6.07) is 18.5. The molecule has 0 bridgehead atoms. The summed E-state index contributed by atoms with van der Waals surface area (Å²) >= 11 is 0. The van der Waals surface area contributed by atoms with Gasteiger partial charge < -0.3 is 9.80 Å². The lowest BCUT2D eigenvalue weighted by atomic mass is 9.94. The molecule has 2 aliphatic heterocycles. The first kappa shape index (κ1) is 18.7. The summed E-state index contributed by atoms with van der Waals surface area (Å²) in [7, 11) is 0. The molecule has 146 valence electrons. The number of hydrogen-bond donors (Lipinski definition) is 0. The van der Waals surface area contributed by atoms with Crippen LogP contribution in [-0.4, -0.2) is 36.3 Å². The molecule has 0 N–H and O–H groups in total. The molecule has 2 heterocycles. The molecule has 2 saturated heterocycles. The number of benzene rings is 2. The standard InChI is InChI=1S/C24H28N2O2/c1-18-10-12-22(13-11-18)26-17-21(15-23(26)27)24(28)25-14-6-5-9-20(16-25)19-7-3-2-4-8-19/h2-4,7-8,10-13,20-21H,5-6,9,14-17H2,1H3. The van der Waals surface area contributed by atoms with Crippen molar-refractivity contribution in [1.82, 2.24) is 4.90 Å². The molecule has 2 aliphatic rings. The van der Waals surface area contributed by atoms with Gasteiger partial charge in [0, 0.05) is 37.7 Å². The highest BCUT2D eigenvalue weighted by Gasteiger charge is 2.38. The quantitative estimate of drug-likeness (QED) is 0.808. The number of carbonyl (C=O) groups is 2. The van der Waals surface area contributed by atoms with Gasteiger partial charge in [-0.2, -0.15) is 0 Å². The predicted molar refractivity (Wildman–Crippen MR) is 111 cm³/mol. The smallest absolute Gasteiger partial charge is 0.228 e. The first-order valence-electron chi connectivity index (χ1n) is 10.3. The maximum Gasteiger partial charge on any atom is 0.228 e. The molecule has 4 rings (SSSR count). The summed E-state index contributed by atoms with van der Waals surface area (Å²) in [4.78, 5) is 29.6. The van der Waals surface area contributed by atoms with Crippen LogP contribution >= 0.6 is 0 Å². The number of carbonyl (C=O) groups excluding carboxylic acids is 2. The van der Waals surface area contributed by atoms with Gasteiger partial charge in [-0.15, -0.1) is 0 Å². The maximum absolute atomic E-state index is 13.3. The van der Waals surface area contributed by atoms with E-state index in [0.717, 1.165) is 38.0 Å². The Hall–Kier alpha value is -2.62.